The van der Waals surface area contributed by atoms with Crippen LogP contribution in [0.4, 0.5) is 5.00 Å². The highest BCUT2D eigenvalue weighted by Crippen LogP contribution is 2.32. The summed E-state index contributed by atoms with van der Waals surface area (Å²) in [5.41, 5.74) is 6.77. The smallest absolute Gasteiger partial charge is 0.256 e. The summed E-state index contributed by atoms with van der Waals surface area (Å²) in [5.74, 6) is -1.03. The van der Waals surface area contributed by atoms with E-state index in [1.807, 2.05) is 20.8 Å². The lowest BCUT2D eigenvalue weighted by Crippen LogP contribution is -2.32. The zero-order valence-electron chi connectivity index (χ0n) is 17.1. The first kappa shape index (κ1) is 23.1. The zero-order chi connectivity index (χ0) is 21.8. The second-order valence-corrected chi connectivity index (χ2v) is 9.90. The Balaban J connectivity index is 2.25. The van der Waals surface area contributed by atoms with Gasteiger partial charge in [-0.15, -0.1) is 11.3 Å². The van der Waals surface area contributed by atoms with Crippen LogP contribution in [0.1, 0.15) is 57.8 Å². The van der Waals surface area contributed by atoms with E-state index in [9.17, 15) is 18.0 Å². The predicted molar refractivity (Wildman–Crippen MR) is 116 cm³/mol. The molecule has 0 aliphatic carbocycles. The Morgan fingerprint density at radius 1 is 1.07 bits per heavy atom. The molecule has 9 heteroatoms. The molecule has 0 spiro atoms. The molecule has 1 aromatic carbocycles. The van der Waals surface area contributed by atoms with Crippen molar-refractivity contribution < 1.29 is 18.0 Å². The minimum absolute atomic E-state index is 0.150. The van der Waals surface area contributed by atoms with E-state index in [2.05, 4.69) is 5.32 Å². The van der Waals surface area contributed by atoms with E-state index in [-0.39, 0.29) is 4.90 Å². The molecule has 0 unspecified atom stereocenters. The van der Waals surface area contributed by atoms with E-state index in [0.29, 0.717) is 29.2 Å². The second kappa shape index (κ2) is 9.51. The molecule has 0 bridgehead atoms. The second-order valence-electron chi connectivity index (χ2n) is 6.73. The first-order chi connectivity index (χ1) is 13.6. The SMILES string of the molecule is CCCN(CCC)S(=O)(=O)c1ccc(C(=O)Nc2sc(C)c(C)c2C(N)=O)cc1. The van der Waals surface area contributed by atoms with Crippen molar-refractivity contribution in [3.63, 3.8) is 0 Å². The molecule has 0 fully saturated rings. The lowest BCUT2D eigenvalue weighted by atomic mass is 10.1. The number of carbonyl (C=O) groups excluding carboxylic acids is 2. The Morgan fingerprint density at radius 3 is 2.10 bits per heavy atom. The third-order valence-corrected chi connectivity index (χ3v) is 7.59. The molecule has 0 saturated carbocycles. The van der Waals surface area contributed by atoms with Gasteiger partial charge < -0.3 is 11.1 Å². The summed E-state index contributed by atoms with van der Waals surface area (Å²) in [6, 6.07) is 5.80. The molecule has 1 aromatic heterocycles. The highest BCUT2D eigenvalue weighted by atomic mass is 32.2. The number of carbonyl (C=O) groups is 2. The van der Waals surface area contributed by atoms with Gasteiger partial charge in [-0.1, -0.05) is 13.8 Å². The van der Waals surface area contributed by atoms with Crippen LogP contribution in [0.25, 0.3) is 0 Å². The molecule has 0 atom stereocenters. The van der Waals surface area contributed by atoms with Gasteiger partial charge in [-0.25, -0.2) is 8.42 Å². The van der Waals surface area contributed by atoms with Crippen LogP contribution in [-0.4, -0.2) is 37.6 Å². The van der Waals surface area contributed by atoms with Crippen molar-refractivity contribution in [3.8, 4) is 0 Å². The Labute approximate surface area is 176 Å². The topological polar surface area (TPSA) is 110 Å². The van der Waals surface area contributed by atoms with Gasteiger partial charge in [-0.2, -0.15) is 4.31 Å². The van der Waals surface area contributed by atoms with Gasteiger partial charge in [0.2, 0.25) is 10.0 Å². The molecule has 0 aliphatic rings. The number of nitrogens with zero attached hydrogens (tertiary/aromatic N) is 1. The normalized spacial score (nSPS) is 11.6. The quantitative estimate of drug-likeness (QED) is 0.625. The van der Waals surface area contributed by atoms with Crippen molar-refractivity contribution in [3.05, 3.63) is 45.8 Å². The molecule has 2 rings (SSSR count). The molecule has 3 N–H and O–H groups in total. The molecule has 158 valence electrons. The van der Waals surface area contributed by atoms with Gasteiger partial charge in [0.1, 0.15) is 5.00 Å². The predicted octanol–water partition coefficient (Wildman–Crippen LogP) is 3.53. The first-order valence-electron chi connectivity index (χ1n) is 9.44. The number of sulfonamides is 1. The summed E-state index contributed by atoms with van der Waals surface area (Å²) in [4.78, 5) is 25.3. The van der Waals surface area contributed by atoms with Crippen LogP contribution in [0, 0.1) is 13.8 Å². The van der Waals surface area contributed by atoms with Crippen LogP contribution in [0.3, 0.4) is 0 Å². The molecule has 0 radical (unpaired) electrons. The molecule has 1 heterocycles. The summed E-state index contributed by atoms with van der Waals surface area (Å²) < 4.78 is 27.1. The Hall–Kier alpha value is -2.23. The maximum atomic E-state index is 12.8. The number of anilines is 1. The maximum absolute atomic E-state index is 12.8. The van der Waals surface area contributed by atoms with Crippen molar-refractivity contribution in [1.82, 2.24) is 4.31 Å². The molecule has 0 aliphatic heterocycles. The van der Waals surface area contributed by atoms with Gasteiger partial charge in [-0.3, -0.25) is 9.59 Å². The van der Waals surface area contributed by atoms with Crippen LogP contribution in [0.5, 0.6) is 0 Å². The number of rotatable bonds is 9. The number of thiophene rings is 1. The van der Waals surface area contributed by atoms with Crippen molar-refractivity contribution in [2.24, 2.45) is 5.73 Å². The Bertz CT molecular complexity index is 989. The number of hydrogen-bond donors (Lipinski definition) is 2. The number of nitrogens with one attached hydrogen (secondary N) is 1. The van der Waals surface area contributed by atoms with E-state index in [0.717, 1.165) is 23.3 Å². The largest absolute Gasteiger partial charge is 0.365 e. The van der Waals surface area contributed by atoms with E-state index in [4.69, 9.17) is 5.73 Å². The fourth-order valence-electron chi connectivity index (χ4n) is 2.97. The van der Waals surface area contributed by atoms with Crippen LogP contribution in [0.15, 0.2) is 29.2 Å². The lowest BCUT2D eigenvalue weighted by Gasteiger charge is -2.21. The number of benzene rings is 1. The zero-order valence-corrected chi connectivity index (χ0v) is 18.7. The molecular weight excluding hydrogens is 410 g/mol. The summed E-state index contributed by atoms with van der Waals surface area (Å²) in [6.07, 6.45) is 1.45. The molecule has 0 saturated heterocycles. The Kier molecular flexibility index (Phi) is 7.56. The van der Waals surface area contributed by atoms with Gasteiger partial charge in [-0.05, 0) is 56.5 Å². The van der Waals surface area contributed by atoms with Gasteiger partial charge in [0, 0.05) is 23.5 Å². The average molecular weight is 438 g/mol. The fourth-order valence-corrected chi connectivity index (χ4v) is 5.65. The highest BCUT2D eigenvalue weighted by Gasteiger charge is 2.24. The van der Waals surface area contributed by atoms with Crippen molar-refractivity contribution >= 4 is 38.2 Å². The van der Waals surface area contributed by atoms with Gasteiger partial charge in [0.15, 0.2) is 0 Å². The number of nitrogens with two attached hydrogens (primary N) is 1. The standard InChI is InChI=1S/C20H27N3O4S2/c1-5-11-23(12-6-2)29(26,27)16-9-7-15(8-10-16)19(25)22-20-17(18(21)24)13(3)14(4)28-20/h7-10H,5-6,11-12H2,1-4H3,(H2,21,24)(H,22,25). The van der Waals surface area contributed by atoms with E-state index < -0.39 is 21.8 Å². The summed E-state index contributed by atoms with van der Waals surface area (Å²) in [5, 5.41) is 3.10. The van der Waals surface area contributed by atoms with Crippen molar-refractivity contribution in [2.45, 2.75) is 45.4 Å². The number of hydrogen-bond acceptors (Lipinski definition) is 5. The monoisotopic (exact) mass is 437 g/mol. The average Bonchev–Trinajstić information content (AvgIpc) is 2.95. The van der Waals surface area contributed by atoms with Crippen LogP contribution in [0.2, 0.25) is 0 Å². The third kappa shape index (κ3) is 5.04. The summed E-state index contributed by atoms with van der Waals surface area (Å²) >= 11 is 1.28. The maximum Gasteiger partial charge on any atom is 0.256 e. The van der Waals surface area contributed by atoms with Gasteiger partial charge in [0.25, 0.3) is 11.8 Å². The highest BCUT2D eigenvalue weighted by molar-refractivity contribution is 7.89. The minimum atomic E-state index is -3.60. The number of amides is 2. The van der Waals surface area contributed by atoms with Crippen LogP contribution in [-0.2, 0) is 10.0 Å². The third-order valence-electron chi connectivity index (χ3n) is 4.56. The van der Waals surface area contributed by atoms with Crippen molar-refractivity contribution in [1.29, 1.82) is 0 Å². The number of aryl methyl sites for hydroxylation is 1. The van der Waals surface area contributed by atoms with E-state index in [1.165, 1.54) is 39.9 Å². The summed E-state index contributed by atoms with van der Waals surface area (Å²) in [6.45, 7) is 8.39. The minimum Gasteiger partial charge on any atom is -0.365 e. The molecular formula is C20H27N3O4S2. The van der Waals surface area contributed by atoms with E-state index >= 15 is 0 Å². The molecule has 7 nitrogen and oxygen atoms in total. The summed E-state index contributed by atoms with van der Waals surface area (Å²) in [7, 11) is -3.60. The number of primary amides is 1. The fraction of sp³-hybridized carbons (Fsp3) is 0.400. The van der Waals surface area contributed by atoms with Crippen LogP contribution >= 0.6 is 11.3 Å². The van der Waals surface area contributed by atoms with Crippen LogP contribution < -0.4 is 11.1 Å². The van der Waals surface area contributed by atoms with Crippen molar-refractivity contribution in [2.75, 3.05) is 18.4 Å². The molecule has 2 amide bonds. The van der Waals surface area contributed by atoms with Gasteiger partial charge in [0.05, 0.1) is 10.5 Å². The Morgan fingerprint density at radius 2 is 1.62 bits per heavy atom. The lowest BCUT2D eigenvalue weighted by molar-refractivity contribution is 0.100. The molecule has 29 heavy (non-hydrogen) atoms. The molecule has 2 aromatic rings. The first-order valence-corrected chi connectivity index (χ1v) is 11.7. The van der Waals surface area contributed by atoms with E-state index in [1.54, 1.807) is 6.92 Å². The van der Waals surface area contributed by atoms with Gasteiger partial charge >= 0.3 is 0 Å².